The molecule has 0 radical (unpaired) electrons. The van der Waals surface area contributed by atoms with Crippen molar-refractivity contribution in [3.05, 3.63) is 94.8 Å². The fourth-order valence-corrected chi connectivity index (χ4v) is 5.05. The van der Waals surface area contributed by atoms with E-state index < -0.39 is 11.6 Å². The summed E-state index contributed by atoms with van der Waals surface area (Å²) in [6.07, 6.45) is 8.75. The maximum atomic E-state index is 15.0. The Morgan fingerprint density at radius 3 is 2.03 bits per heavy atom. The van der Waals surface area contributed by atoms with Gasteiger partial charge in [-0.15, -0.1) is 0 Å². The first-order valence-corrected chi connectivity index (χ1v) is 11.9. The average Bonchev–Trinajstić information content (AvgIpc) is 2.81. The zero-order valence-electron chi connectivity index (χ0n) is 18.7. The molecule has 3 aromatic carbocycles. The van der Waals surface area contributed by atoms with Crippen LogP contribution in [-0.4, -0.2) is 0 Å². The number of aryl methyl sites for hydroxylation is 2. The van der Waals surface area contributed by atoms with Gasteiger partial charge in [0.15, 0.2) is 11.6 Å². The largest absolute Gasteiger partial charge is 0.206 e. The van der Waals surface area contributed by atoms with E-state index in [1.807, 2.05) is 30.3 Å². The van der Waals surface area contributed by atoms with Gasteiger partial charge in [0.2, 0.25) is 0 Å². The third-order valence-electron chi connectivity index (χ3n) is 6.96. The van der Waals surface area contributed by atoms with Gasteiger partial charge in [0.05, 0.1) is 0 Å². The summed E-state index contributed by atoms with van der Waals surface area (Å²) in [6, 6.07) is 17.6. The average molecular weight is 437 g/mol. The number of rotatable bonds is 7. The molecule has 32 heavy (non-hydrogen) atoms. The Kier molecular flexibility index (Phi) is 7.34. The highest BCUT2D eigenvalue weighted by Gasteiger charge is 2.22. The van der Waals surface area contributed by atoms with Gasteiger partial charge in [0.25, 0.3) is 0 Å². The second-order valence-electron chi connectivity index (χ2n) is 9.19. The van der Waals surface area contributed by atoms with Crippen LogP contribution in [0.1, 0.15) is 68.1 Å². The van der Waals surface area contributed by atoms with Crippen LogP contribution in [0.25, 0.3) is 11.1 Å². The van der Waals surface area contributed by atoms with Crippen molar-refractivity contribution in [2.75, 3.05) is 0 Å². The van der Waals surface area contributed by atoms with Gasteiger partial charge in [-0.05, 0) is 90.8 Å². The van der Waals surface area contributed by atoms with Crippen LogP contribution in [0.2, 0.25) is 0 Å². The lowest BCUT2D eigenvalue weighted by Crippen LogP contribution is -2.13. The lowest BCUT2D eigenvalue weighted by Gasteiger charge is -2.28. The molecular weight excluding hydrogens is 405 g/mol. The van der Waals surface area contributed by atoms with Crippen molar-refractivity contribution in [3.8, 4) is 11.1 Å². The maximum Gasteiger partial charge on any atom is 0.159 e. The molecule has 0 spiro atoms. The zero-order chi connectivity index (χ0) is 22.5. The molecule has 0 amide bonds. The summed E-state index contributed by atoms with van der Waals surface area (Å²) in [5.74, 6) is -0.472. The first-order valence-electron chi connectivity index (χ1n) is 11.9. The van der Waals surface area contributed by atoms with Gasteiger partial charge in [-0.1, -0.05) is 62.2 Å². The molecule has 0 unspecified atom stereocenters. The van der Waals surface area contributed by atoms with Gasteiger partial charge in [-0.3, -0.25) is 0 Å². The van der Waals surface area contributed by atoms with Crippen molar-refractivity contribution in [2.45, 2.75) is 64.2 Å². The fourth-order valence-electron chi connectivity index (χ4n) is 5.05. The Balaban J connectivity index is 1.39. The van der Waals surface area contributed by atoms with E-state index in [2.05, 4.69) is 13.0 Å². The molecule has 0 nitrogen and oxygen atoms in total. The Bertz CT molecular complexity index is 1030. The van der Waals surface area contributed by atoms with E-state index in [0.717, 1.165) is 47.1 Å². The SMILES string of the molecule is CCC[C@H]1CC[C@H](c2ccc(-c3ccc(CCc4ccc(F)c(F)c4)cc3)c(F)c2)CC1. The fraction of sp³-hybridized carbons (Fsp3) is 0.379. The summed E-state index contributed by atoms with van der Waals surface area (Å²) in [4.78, 5) is 0. The summed E-state index contributed by atoms with van der Waals surface area (Å²) in [6.45, 7) is 2.25. The molecule has 4 rings (SSSR count). The molecule has 1 aliphatic carbocycles. The van der Waals surface area contributed by atoms with E-state index in [4.69, 9.17) is 0 Å². The van der Waals surface area contributed by atoms with E-state index in [1.165, 1.54) is 31.7 Å². The summed E-state index contributed by atoms with van der Waals surface area (Å²) in [5.41, 5.74) is 4.46. The molecular formula is C29H31F3. The molecule has 168 valence electrons. The van der Waals surface area contributed by atoms with Crippen LogP contribution in [0, 0.1) is 23.4 Å². The second kappa shape index (κ2) is 10.4. The number of hydrogen-bond acceptors (Lipinski definition) is 0. The van der Waals surface area contributed by atoms with Crippen molar-refractivity contribution in [1.82, 2.24) is 0 Å². The molecule has 3 heteroatoms. The molecule has 1 aliphatic rings. The summed E-state index contributed by atoms with van der Waals surface area (Å²) in [7, 11) is 0. The first kappa shape index (κ1) is 22.6. The van der Waals surface area contributed by atoms with E-state index >= 15 is 0 Å². The lowest BCUT2D eigenvalue weighted by atomic mass is 9.77. The normalized spacial score (nSPS) is 18.6. The van der Waals surface area contributed by atoms with E-state index in [-0.39, 0.29) is 5.82 Å². The highest BCUT2D eigenvalue weighted by atomic mass is 19.2. The third-order valence-corrected chi connectivity index (χ3v) is 6.96. The van der Waals surface area contributed by atoms with Crippen LogP contribution >= 0.6 is 0 Å². The Morgan fingerprint density at radius 2 is 1.38 bits per heavy atom. The number of halogens is 3. The highest BCUT2D eigenvalue weighted by Crippen LogP contribution is 2.38. The minimum Gasteiger partial charge on any atom is -0.206 e. The molecule has 0 N–H and O–H groups in total. The van der Waals surface area contributed by atoms with Crippen LogP contribution in [0.4, 0.5) is 13.2 Å². The topological polar surface area (TPSA) is 0 Å². The molecule has 3 aromatic rings. The first-order chi connectivity index (χ1) is 15.5. The van der Waals surface area contributed by atoms with Crippen molar-refractivity contribution in [3.63, 3.8) is 0 Å². The molecule has 0 aliphatic heterocycles. The highest BCUT2D eigenvalue weighted by molar-refractivity contribution is 5.65. The Hall–Kier alpha value is -2.55. The third kappa shape index (κ3) is 5.43. The molecule has 0 bridgehead atoms. The standard InChI is InChI=1S/C29H31F3/c1-2-3-20-6-11-23(12-7-20)25-15-16-26(28(31)19-25)24-13-8-21(9-14-24)4-5-22-10-17-27(30)29(32)18-22/h8-10,13-20,23H,2-7,11-12H2,1H3/t20-,23-. The lowest BCUT2D eigenvalue weighted by molar-refractivity contribution is 0.308. The molecule has 0 atom stereocenters. The van der Waals surface area contributed by atoms with E-state index in [0.29, 0.717) is 24.3 Å². The van der Waals surface area contributed by atoms with Crippen LogP contribution in [0.3, 0.4) is 0 Å². The van der Waals surface area contributed by atoms with Crippen molar-refractivity contribution < 1.29 is 13.2 Å². The number of hydrogen-bond donors (Lipinski definition) is 0. The molecule has 0 aromatic heterocycles. The molecule has 0 saturated heterocycles. The van der Waals surface area contributed by atoms with Crippen molar-refractivity contribution in [2.24, 2.45) is 5.92 Å². The van der Waals surface area contributed by atoms with Crippen LogP contribution in [-0.2, 0) is 12.8 Å². The minimum absolute atomic E-state index is 0.160. The van der Waals surface area contributed by atoms with Crippen molar-refractivity contribution in [1.29, 1.82) is 0 Å². The van der Waals surface area contributed by atoms with E-state index in [1.54, 1.807) is 12.1 Å². The van der Waals surface area contributed by atoms with Crippen LogP contribution < -0.4 is 0 Å². The minimum atomic E-state index is -0.824. The number of benzene rings is 3. The van der Waals surface area contributed by atoms with Crippen LogP contribution in [0.15, 0.2) is 60.7 Å². The zero-order valence-corrected chi connectivity index (χ0v) is 18.7. The maximum absolute atomic E-state index is 15.0. The Morgan fingerprint density at radius 1 is 0.688 bits per heavy atom. The van der Waals surface area contributed by atoms with Crippen molar-refractivity contribution >= 4 is 0 Å². The smallest absolute Gasteiger partial charge is 0.159 e. The van der Waals surface area contributed by atoms with Crippen LogP contribution in [0.5, 0.6) is 0 Å². The van der Waals surface area contributed by atoms with Gasteiger partial charge in [-0.2, -0.15) is 0 Å². The van der Waals surface area contributed by atoms with Gasteiger partial charge < -0.3 is 0 Å². The molecule has 1 fully saturated rings. The molecule has 1 saturated carbocycles. The summed E-state index contributed by atoms with van der Waals surface area (Å²) < 4.78 is 41.4. The molecule has 0 heterocycles. The monoisotopic (exact) mass is 436 g/mol. The second-order valence-corrected chi connectivity index (χ2v) is 9.19. The van der Waals surface area contributed by atoms with E-state index in [9.17, 15) is 13.2 Å². The summed E-state index contributed by atoms with van der Waals surface area (Å²) >= 11 is 0. The van der Waals surface area contributed by atoms with Gasteiger partial charge >= 0.3 is 0 Å². The predicted octanol–water partition coefficient (Wildman–Crippen LogP) is 8.63. The van der Waals surface area contributed by atoms with Gasteiger partial charge in [-0.25, -0.2) is 13.2 Å². The Labute approximate surface area is 189 Å². The van der Waals surface area contributed by atoms with Gasteiger partial charge in [0.1, 0.15) is 5.82 Å². The summed E-state index contributed by atoms with van der Waals surface area (Å²) in [5, 5.41) is 0. The van der Waals surface area contributed by atoms with Gasteiger partial charge in [0, 0.05) is 5.56 Å². The predicted molar refractivity (Wildman–Crippen MR) is 125 cm³/mol. The quantitative estimate of drug-likeness (QED) is 0.348.